The Morgan fingerprint density at radius 1 is 1.09 bits per heavy atom. The molecule has 3 aromatic rings. The topological polar surface area (TPSA) is 57.4 Å². The summed E-state index contributed by atoms with van der Waals surface area (Å²) in [6.45, 7) is 0.249. The SMILES string of the molecule is COc1ccc(COc2cc3cc(F)cc(F)c3nc2N)cc1. The van der Waals surface area contributed by atoms with E-state index in [2.05, 4.69) is 4.98 Å². The van der Waals surface area contributed by atoms with Gasteiger partial charge in [0.15, 0.2) is 17.4 Å². The summed E-state index contributed by atoms with van der Waals surface area (Å²) in [7, 11) is 1.59. The molecule has 1 heterocycles. The molecule has 0 atom stereocenters. The Morgan fingerprint density at radius 3 is 2.52 bits per heavy atom. The molecule has 2 aromatic carbocycles. The van der Waals surface area contributed by atoms with E-state index in [1.807, 2.05) is 24.3 Å². The highest BCUT2D eigenvalue weighted by molar-refractivity contribution is 5.83. The smallest absolute Gasteiger partial charge is 0.166 e. The van der Waals surface area contributed by atoms with Gasteiger partial charge in [0.05, 0.1) is 7.11 Å². The minimum absolute atomic E-state index is 0.0145. The average molecular weight is 316 g/mol. The van der Waals surface area contributed by atoms with Crippen LogP contribution in [0, 0.1) is 11.6 Å². The Balaban J connectivity index is 1.85. The fraction of sp³-hybridized carbons (Fsp3) is 0.118. The number of hydrogen-bond acceptors (Lipinski definition) is 4. The first-order chi connectivity index (χ1) is 11.1. The number of nitrogen functional groups attached to an aromatic ring is 1. The summed E-state index contributed by atoms with van der Waals surface area (Å²) in [5.41, 5.74) is 6.70. The number of halogens is 2. The van der Waals surface area contributed by atoms with Gasteiger partial charge in [-0.2, -0.15) is 0 Å². The van der Waals surface area contributed by atoms with Crippen molar-refractivity contribution in [2.45, 2.75) is 6.61 Å². The maximum atomic E-state index is 13.7. The number of nitrogens with two attached hydrogens (primary N) is 1. The number of hydrogen-bond donors (Lipinski definition) is 1. The molecule has 0 spiro atoms. The standard InChI is InChI=1S/C17H14F2N2O2/c1-22-13-4-2-10(3-5-13)9-23-15-7-11-6-12(18)8-14(19)16(11)21-17(15)20/h2-8H,9H2,1H3,(H2,20,21). The molecule has 0 saturated carbocycles. The summed E-state index contributed by atoms with van der Waals surface area (Å²) in [5.74, 6) is -0.363. The Morgan fingerprint density at radius 2 is 1.83 bits per heavy atom. The average Bonchev–Trinajstić information content (AvgIpc) is 2.54. The zero-order valence-corrected chi connectivity index (χ0v) is 12.3. The van der Waals surface area contributed by atoms with Gasteiger partial charge in [0.25, 0.3) is 0 Å². The molecular weight excluding hydrogens is 302 g/mol. The minimum atomic E-state index is -0.756. The highest BCUT2D eigenvalue weighted by atomic mass is 19.1. The van der Waals surface area contributed by atoms with Gasteiger partial charge in [-0.25, -0.2) is 13.8 Å². The number of methoxy groups -OCH3 is 1. The van der Waals surface area contributed by atoms with Crippen molar-refractivity contribution >= 4 is 16.7 Å². The lowest BCUT2D eigenvalue weighted by Gasteiger charge is -2.10. The molecule has 3 rings (SSSR count). The summed E-state index contributed by atoms with van der Waals surface area (Å²) in [6, 6.07) is 10.8. The van der Waals surface area contributed by atoms with Gasteiger partial charge in [0.1, 0.15) is 23.7 Å². The number of ether oxygens (including phenoxy) is 2. The molecule has 0 aliphatic rings. The van der Waals surface area contributed by atoms with Crippen LogP contribution in [0.15, 0.2) is 42.5 Å². The molecule has 2 N–H and O–H groups in total. The molecular formula is C17H14F2N2O2. The third-order valence-corrected chi connectivity index (χ3v) is 3.38. The monoisotopic (exact) mass is 316 g/mol. The zero-order valence-electron chi connectivity index (χ0n) is 12.3. The van der Waals surface area contributed by atoms with E-state index in [1.54, 1.807) is 7.11 Å². The maximum Gasteiger partial charge on any atom is 0.166 e. The van der Waals surface area contributed by atoms with Crippen LogP contribution in [0.4, 0.5) is 14.6 Å². The summed E-state index contributed by atoms with van der Waals surface area (Å²) in [5, 5.41) is 0.293. The zero-order chi connectivity index (χ0) is 16.4. The molecule has 0 saturated heterocycles. The molecule has 0 fully saturated rings. The summed E-state index contributed by atoms with van der Waals surface area (Å²) < 4.78 is 37.7. The van der Waals surface area contributed by atoms with Gasteiger partial charge in [-0.1, -0.05) is 12.1 Å². The number of anilines is 1. The minimum Gasteiger partial charge on any atom is -0.497 e. The number of pyridine rings is 1. The van der Waals surface area contributed by atoms with Gasteiger partial charge in [0, 0.05) is 11.5 Å². The largest absolute Gasteiger partial charge is 0.497 e. The van der Waals surface area contributed by atoms with E-state index in [-0.39, 0.29) is 23.7 Å². The Labute approximate surface area is 131 Å². The third-order valence-electron chi connectivity index (χ3n) is 3.38. The number of aromatic nitrogens is 1. The van der Waals surface area contributed by atoms with Gasteiger partial charge in [-0.3, -0.25) is 0 Å². The van der Waals surface area contributed by atoms with Crippen LogP contribution in [-0.4, -0.2) is 12.1 Å². The molecule has 0 aliphatic heterocycles. The maximum absolute atomic E-state index is 13.7. The molecule has 0 bridgehead atoms. The van der Waals surface area contributed by atoms with Gasteiger partial charge < -0.3 is 15.2 Å². The Hall–Kier alpha value is -2.89. The van der Waals surface area contributed by atoms with Crippen molar-refractivity contribution in [3.8, 4) is 11.5 Å². The van der Waals surface area contributed by atoms with Crippen molar-refractivity contribution in [1.29, 1.82) is 0 Å². The predicted molar refractivity (Wildman–Crippen MR) is 83.4 cm³/mol. The second-order valence-corrected chi connectivity index (χ2v) is 4.97. The van der Waals surface area contributed by atoms with Crippen LogP contribution in [0.3, 0.4) is 0 Å². The van der Waals surface area contributed by atoms with Gasteiger partial charge >= 0.3 is 0 Å². The van der Waals surface area contributed by atoms with Gasteiger partial charge in [-0.05, 0) is 29.8 Å². The normalized spacial score (nSPS) is 10.7. The molecule has 0 unspecified atom stereocenters. The first-order valence-electron chi connectivity index (χ1n) is 6.88. The van der Waals surface area contributed by atoms with E-state index < -0.39 is 11.6 Å². The quantitative estimate of drug-likeness (QED) is 0.797. The Bertz CT molecular complexity index is 851. The molecule has 1 aromatic heterocycles. The van der Waals surface area contributed by atoms with E-state index >= 15 is 0 Å². The summed E-state index contributed by atoms with van der Waals surface area (Å²) in [6.07, 6.45) is 0. The lowest BCUT2D eigenvalue weighted by molar-refractivity contribution is 0.307. The number of rotatable bonds is 4. The summed E-state index contributed by atoms with van der Waals surface area (Å²) >= 11 is 0. The number of fused-ring (bicyclic) bond motifs is 1. The summed E-state index contributed by atoms with van der Waals surface area (Å²) in [4.78, 5) is 3.95. The van der Waals surface area contributed by atoms with Crippen molar-refractivity contribution in [3.05, 3.63) is 59.7 Å². The van der Waals surface area contributed by atoms with E-state index in [0.29, 0.717) is 5.39 Å². The molecule has 118 valence electrons. The van der Waals surface area contributed by atoms with Crippen LogP contribution >= 0.6 is 0 Å². The second kappa shape index (κ2) is 6.08. The van der Waals surface area contributed by atoms with Crippen LogP contribution in [0.25, 0.3) is 10.9 Å². The van der Waals surface area contributed by atoms with E-state index in [9.17, 15) is 8.78 Å². The molecule has 0 amide bonds. The fourth-order valence-electron chi connectivity index (χ4n) is 2.20. The highest BCUT2D eigenvalue weighted by Crippen LogP contribution is 2.28. The van der Waals surface area contributed by atoms with Crippen LogP contribution in [0.2, 0.25) is 0 Å². The van der Waals surface area contributed by atoms with Crippen molar-refractivity contribution in [3.63, 3.8) is 0 Å². The molecule has 0 aliphatic carbocycles. The van der Waals surface area contributed by atoms with Gasteiger partial charge in [-0.15, -0.1) is 0 Å². The van der Waals surface area contributed by atoms with Crippen LogP contribution < -0.4 is 15.2 Å². The molecule has 0 radical (unpaired) electrons. The van der Waals surface area contributed by atoms with Crippen molar-refractivity contribution in [1.82, 2.24) is 4.98 Å². The van der Waals surface area contributed by atoms with Crippen molar-refractivity contribution in [2.24, 2.45) is 0 Å². The second-order valence-electron chi connectivity index (χ2n) is 4.97. The lowest BCUT2D eigenvalue weighted by Crippen LogP contribution is -2.02. The van der Waals surface area contributed by atoms with Crippen LogP contribution in [0.5, 0.6) is 11.5 Å². The van der Waals surface area contributed by atoms with Crippen molar-refractivity contribution in [2.75, 3.05) is 12.8 Å². The van der Waals surface area contributed by atoms with Crippen molar-refractivity contribution < 1.29 is 18.3 Å². The van der Waals surface area contributed by atoms with Crippen LogP contribution in [-0.2, 0) is 6.61 Å². The fourth-order valence-corrected chi connectivity index (χ4v) is 2.20. The lowest BCUT2D eigenvalue weighted by atomic mass is 10.2. The molecule has 4 nitrogen and oxygen atoms in total. The molecule has 6 heteroatoms. The molecule has 23 heavy (non-hydrogen) atoms. The Kier molecular flexibility index (Phi) is 3.97. The van der Waals surface area contributed by atoms with Crippen LogP contribution in [0.1, 0.15) is 5.56 Å². The van der Waals surface area contributed by atoms with E-state index in [0.717, 1.165) is 17.4 Å². The predicted octanol–water partition coefficient (Wildman–Crippen LogP) is 3.68. The first-order valence-corrected chi connectivity index (χ1v) is 6.88. The van der Waals surface area contributed by atoms with E-state index in [4.69, 9.17) is 15.2 Å². The number of benzene rings is 2. The third kappa shape index (κ3) is 3.15. The number of nitrogens with zero attached hydrogens (tertiary/aromatic N) is 1. The van der Waals surface area contributed by atoms with Gasteiger partial charge in [0.2, 0.25) is 0 Å². The highest BCUT2D eigenvalue weighted by Gasteiger charge is 2.11. The first kappa shape index (κ1) is 15.0. The van der Waals surface area contributed by atoms with E-state index in [1.165, 1.54) is 12.1 Å².